The lowest BCUT2D eigenvalue weighted by molar-refractivity contribution is 0.602. The van der Waals surface area contributed by atoms with E-state index in [1.54, 1.807) is 28.6 Å². The fourth-order valence-electron chi connectivity index (χ4n) is 1.80. The van der Waals surface area contributed by atoms with Crippen molar-refractivity contribution in [1.82, 2.24) is 19.2 Å². The van der Waals surface area contributed by atoms with Crippen LogP contribution in [0.1, 0.15) is 25.6 Å². The van der Waals surface area contributed by atoms with Gasteiger partial charge in [-0.1, -0.05) is 13.8 Å². The second-order valence-electron chi connectivity index (χ2n) is 5.13. The number of thiazole rings is 1. The molecule has 2 heterocycles. The van der Waals surface area contributed by atoms with Crippen molar-refractivity contribution < 1.29 is 8.42 Å². The molecular formula is C13H14N4O2S3. The van der Waals surface area contributed by atoms with Gasteiger partial charge in [0.2, 0.25) is 0 Å². The molecule has 3 aromatic rings. The van der Waals surface area contributed by atoms with Gasteiger partial charge < -0.3 is 0 Å². The molecule has 1 aromatic carbocycles. The number of benzene rings is 1. The number of nitrogens with zero attached hydrogens (tertiary/aromatic N) is 4. The summed E-state index contributed by atoms with van der Waals surface area (Å²) < 4.78 is 26.5. The van der Waals surface area contributed by atoms with E-state index in [4.69, 9.17) is 0 Å². The molecule has 22 heavy (non-hydrogen) atoms. The lowest BCUT2D eigenvalue weighted by atomic mass is 10.2. The van der Waals surface area contributed by atoms with E-state index in [-0.39, 0.29) is 5.92 Å². The minimum Gasteiger partial charge on any atom is -0.228 e. The third-order valence-corrected chi connectivity index (χ3v) is 5.95. The van der Waals surface area contributed by atoms with Crippen LogP contribution in [0, 0.1) is 0 Å². The van der Waals surface area contributed by atoms with Crippen molar-refractivity contribution in [2.24, 2.45) is 0 Å². The Kier molecular flexibility index (Phi) is 3.96. The van der Waals surface area contributed by atoms with E-state index >= 15 is 0 Å². The normalized spacial score (nSPS) is 12.4. The van der Waals surface area contributed by atoms with Gasteiger partial charge in [-0.15, -0.1) is 16.4 Å². The molecule has 0 fully saturated rings. The predicted octanol–water partition coefficient (Wildman–Crippen LogP) is 2.97. The summed E-state index contributed by atoms with van der Waals surface area (Å²) in [5.74, 6) is 1.06. The van der Waals surface area contributed by atoms with Crippen molar-refractivity contribution in [1.29, 1.82) is 0 Å². The molecule has 0 saturated carbocycles. The number of hydrogen-bond donors (Lipinski definition) is 0. The van der Waals surface area contributed by atoms with E-state index in [1.165, 1.54) is 29.5 Å². The topological polar surface area (TPSA) is 77.7 Å². The average molecular weight is 354 g/mol. The zero-order valence-electron chi connectivity index (χ0n) is 12.2. The molecule has 3 rings (SSSR count). The lowest BCUT2D eigenvalue weighted by Gasteiger charge is -1.96. The van der Waals surface area contributed by atoms with Crippen LogP contribution in [0.2, 0.25) is 0 Å². The molecule has 0 aliphatic heterocycles. The summed E-state index contributed by atoms with van der Waals surface area (Å²) in [4.78, 5) is 9.03. The summed E-state index contributed by atoms with van der Waals surface area (Å²) in [7, 11) is -3.21. The zero-order chi connectivity index (χ0) is 15.9. The quantitative estimate of drug-likeness (QED) is 0.717. The molecule has 0 radical (unpaired) electrons. The highest BCUT2D eigenvalue weighted by atomic mass is 32.2. The number of aromatic nitrogens is 4. The first-order valence-electron chi connectivity index (χ1n) is 6.53. The van der Waals surface area contributed by atoms with Crippen molar-refractivity contribution >= 4 is 43.3 Å². The SMILES string of the molecule is CC(C)c1ncn(Sc2nc3ccc(S(C)(=O)=O)cc3s2)n1. The van der Waals surface area contributed by atoms with E-state index in [1.807, 2.05) is 13.8 Å². The summed E-state index contributed by atoms with van der Waals surface area (Å²) in [5.41, 5.74) is 0.782. The maximum Gasteiger partial charge on any atom is 0.175 e. The highest BCUT2D eigenvalue weighted by molar-refractivity contribution is 7.99. The van der Waals surface area contributed by atoms with Gasteiger partial charge in [0.1, 0.15) is 6.33 Å². The van der Waals surface area contributed by atoms with Gasteiger partial charge in [0.05, 0.1) is 15.1 Å². The van der Waals surface area contributed by atoms with Gasteiger partial charge in [0, 0.05) is 24.1 Å². The van der Waals surface area contributed by atoms with Crippen LogP contribution in [0.25, 0.3) is 10.2 Å². The molecule has 0 aliphatic rings. The van der Waals surface area contributed by atoms with Crippen molar-refractivity contribution in [3.63, 3.8) is 0 Å². The fraction of sp³-hybridized carbons (Fsp3) is 0.308. The molecule has 0 spiro atoms. The Labute approximate surface area is 136 Å². The smallest absolute Gasteiger partial charge is 0.175 e. The van der Waals surface area contributed by atoms with Crippen LogP contribution in [0.4, 0.5) is 0 Å². The first-order valence-corrected chi connectivity index (χ1v) is 10.0. The van der Waals surface area contributed by atoms with Crippen LogP contribution >= 0.6 is 23.3 Å². The summed E-state index contributed by atoms with van der Waals surface area (Å²) in [6.45, 7) is 4.07. The van der Waals surface area contributed by atoms with Gasteiger partial charge in [0.25, 0.3) is 0 Å². The minimum absolute atomic E-state index is 0.273. The van der Waals surface area contributed by atoms with Gasteiger partial charge in [0.15, 0.2) is 20.0 Å². The molecule has 0 bridgehead atoms. The van der Waals surface area contributed by atoms with Crippen molar-refractivity contribution in [3.05, 3.63) is 30.4 Å². The highest BCUT2D eigenvalue weighted by Crippen LogP contribution is 2.31. The van der Waals surface area contributed by atoms with Gasteiger partial charge in [-0.05, 0) is 18.2 Å². The molecule has 0 saturated heterocycles. The molecule has 6 nitrogen and oxygen atoms in total. The second kappa shape index (κ2) is 5.64. The Bertz CT molecular complexity index is 928. The van der Waals surface area contributed by atoms with Crippen LogP contribution < -0.4 is 0 Å². The first kappa shape index (κ1) is 15.4. The van der Waals surface area contributed by atoms with E-state index in [0.717, 1.165) is 20.4 Å². The molecular weight excluding hydrogens is 340 g/mol. The first-order chi connectivity index (χ1) is 10.3. The molecule has 0 amide bonds. The Hall–Kier alpha value is -1.45. The molecule has 116 valence electrons. The van der Waals surface area contributed by atoms with Crippen LogP contribution in [0.5, 0.6) is 0 Å². The van der Waals surface area contributed by atoms with E-state index in [2.05, 4.69) is 15.1 Å². The maximum absolute atomic E-state index is 11.6. The fourth-order valence-corrected chi connectivity index (χ4v) is 4.43. The number of sulfone groups is 1. The van der Waals surface area contributed by atoms with Crippen molar-refractivity contribution in [2.45, 2.75) is 29.0 Å². The predicted molar refractivity (Wildman–Crippen MR) is 88.1 cm³/mol. The van der Waals surface area contributed by atoms with Crippen LogP contribution in [-0.2, 0) is 9.84 Å². The van der Waals surface area contributed by atoms with Gasteiger partial charge >= 0.3 is 0 Å². The minimum atomic E-state index is -3.21. The molecule has 2 aromatic heterocycles. The van der Waals surface area contributed by atoms with E-state index < -0.39 is 9.84 Å². The molecule has 0 unspecified atom stereocenters. The highest BCUT2D eigenvalue weighted by Gasteiger charge is 2.12. The molecule has 9 heteroatoms. The largest absolute Gasteiger partial charge is 0.228 e. The van der Waals surface area contributed by atoms with Gasteiger partial charge in [-0.25, -0.2) is 18.4 Å². The Morgan fingerprint density at radius 2 is 2.09 bits per heavy atom. The third-order valence-electron chi connectivity index (χ3n) is 2.95. The van der Waals surface area contributed by atoms with E-state index in [9.17, 15) is 8.42 Å². The van der Waals surface area contributed by atoms with Crippen molar-refractivity contribution in [2.75, 3.05) is 6.26 Å². The summed E-state index contributed by atoms with van der Waals surface area (Å²) in [5, 5.41) is 4.37. The summed E-state index contributed by atoms with van der Waals surface area (Å²) >= 11 is 2.80. The lowest BCUT2D eigenvalue weighted by Crippen LogP contribution is -1.95. The molecule has 0 N–H and O–H groups in total. The van der Waals surface area contributed by atoms with Crippen LogP contribution in [-0.4, -0.2) is 33.8 Å². The van der Waals surface area contributed by atoms with Crippen LogP contribution in [0.3, 0.4) is 0 Å². The average Bonchev–Trinajstić information content (AvgIpc) is 3.03. The maximum atomic E-state index is 11.6. The summed E-state index contributed by atoms with van der Waals surface area (Å²) in [6, 6.07) is 4.97. The Morgan fingerprint density at radius 1 is 1.32 bits per heavy atom. The number of hydrogen-bond acceptors (Lipinski definition) is 7. The Morgan fingerprint density at radius 3 is 2.73 bits per heavy atom. The molecule has 0 atom stereocenters. The standard InChI is InChI=1S/C13H14N4O2S3/c1-8(2)12-14-7-17(16-12)21-13-15-10-5-4-9(22(3,18)19)6-11(10)20-13/h4-8H,1-3H3. The van der Waals surface area contributed by atoms with Crippen molar-refractivity contribution in [3.8, 4) is 0 Å². The Balaban J connectivity index is 1.91. The zero-order valence-corrected chi connectivity index (χ0v) is 14.7. The van der Waals surface area contributed by atoms with Gasteiger partial charge in [-0.2, -0.15) is 4.09 Å². The summed E-state index contributed by atoms with van der Waals surface area (Å²) in [6.07, 6.45) is 2.86. The molecule has 0 aliphatic carbocycles. The number of fused-ring (bicyclic) bond motifs is 1. The third kappa shape index (κ3) is 3.16. The number of rotatable bonds is 4. The van der Waals surface area contributed by atoms with E-state index in [0.29, 0.717) is 4.90 Å². The second-order valence-corrected chi connectivity index (χ2v) is 9.38. The van der Waals surface area contributed by atoms with Crippen LogP contribution in [0.15, 0.2) is 33.8 Å². The van der Waals surface area contributed by atoms with Gasteiger partial charge in [-0.3, -0.25) is 0 Å². The monoisotopic (exact) mass is 354 g/mol.